The van der Waals surface area contributed by atoms with Crippen molar-refractivity contribution in [1.82, 2.24) is 15.5 Å². The summed E-state index contributed by atoms with van der Waals surface area (Å²) in [6, 6.07) is 0.166. The number of morpholine rings is 1. The van der Waals surface area contributed by atoms with Gasteiger partial charge in [-0.25, -0.2) is 0 Å². The first kappa shape index (κ1) is 16.7. The fourth-order valence-corrected chi connectivity index (χ4v) is 3.67. The van der Waals surface area contributed by atoms with Gasteiger partial charge in [-0.3, -0.25) is 4.79 Å². The molecule has 0 aromatic heterocycles. The Kier molecular flexibility index (Phi) is 6.02. The van der Waals surface area contributed by atoms with Crippen LogP contribution >= 0.6 is 0 Å². The number of hydrogen-bond donors (Lipinski definition) is 2. The molecule has 5 heteroatoms. The third-order valence-corrected chi connectivity index (χ3v) is 5.06. The number of ether oxygens (including phenoxy) is 1. The van der Waals surface area contributed by atoms with Crippen molar-refractivity contribution in [2.45, 2.75) is 50.6 Å². The Labute approximate surface area is 128 Å². The van der Waals surface area contributed by atoms with Crippen LogP contribution in [0.1, 0.15) is 39.0 Å². The molecule has 122 valence electrons. The number of rotatable bonds is 5. The maximum atomic E-state index is 12.2. The van der Waals surface area contributed by atoms with Crippen LogP contribution in [0.5, 0.6) is 0 Å². The summed E-state index contributed by atoms with van der Waals surface area (Å²) in [6.45, 7) is 5.32. The molecule has 0 aromatic carbocycles. The Morgan fingerprint density at radius 3 is 2.90 bits per heavy atom. The van der Waals surface area contributed by atoms with Gasteiger partial charge in [0.15, 0.2) is 0 Å². The number of hydrogen-bond acceptors (Lipinski definition) is 4. The van der Waals surface area contributed by atoms with Crippen molar-refractivity contribution < 1.29 is 9.53 Å². The largest absolute Gasteiger partial charge is 0.378 e. The average molecular weight is 297 g/mol. The molecule has 2 rings (SSSR count). The van der Waals surface area contributed by atoms with Gasteiger partial charge in [-0.05, 0) is 32.9 Å². The van der Waals surface area contributed by atoms with Gasteiger partial charge in [0.2, 0.25) is 5.91 Å². The molecular formula is C16H31N3O2. The highest BCUT2D eigenvalue weighted by Gasteiger charge is 2.37. The number of nitrogens with one attached hydrogen (secondary N) is 2. The lowest BCUT2D eigenvalue weighted by molar-refractivity contribution is -0.123. The lowest BCUT2D eigenvalue weighted by Gasteiger charge is -2.45. The summed E-state index contributed by atoms with van der Waals surface area (Å²) in [5, 5.41) is 6.50. The molecule has 2 N–H and O–H groups in total. The zero-order valence-corrected chi connectivity index (χ0v) is 13.8. The summed E-state index contributed by atoms with van der Waals surface area (Å²) in [5.41, 5.74) is 0.129. The van der Waals surface area contributed by atoms with Gasteiger partial charge in [-0.2, -0.15) is 0 Å². The summed E-state index contributed by atoms with van der Waals surface area (Å²) in [4.78, 5) is 14.5. The molecule has 2 aliphatic rings. The Morgan fingerprint density at radius 2 is 2.29 bits per heavy atom. The van der Waals surface area contributed by atoms with Crippen molar-refractivity contribution >= 4 is 5.91 Å². The summed E-state index contributed by atoms with van der Waals surface area (Å²) < 4.78 is 5.40. The van der Waals surface area contributed by atoms with Crippen molar-refractivity contribution in [3.63, 3.8) is 0 Å². The second kappa shape index (κ2) is 7.56. The quantitative estimate of drug-likeness (QED) is 0.795. The van der Waals surface area contributed by atoms with E-state index in [-0.39, 0.29) is 17.5 Å². The maximum absolute atomic E-state index is 12.2. The van der Waals surface area contributed by atoms with Crippen LogP contribution in [0.15, 0.2) is 0 Å². The molecule has 0 radical (unpaired) electrons. The van der Waals surface area contributed by atoms with Gasteiger partial charge in [0.05, 0.1) is 13.2 Å². The monoisotopic (exact) mass is 297 g/mol. The van der Waals surface area contributed by atoms with Gasteiger partial charge >= 0.3 is 0 Å². The van der Waals surface area contributed by atoms with Crippen LogP contribution in [-0.4, -0.2) is 62.8 Å². The molecule has 0 spiro atoms. The molecule has 0 bridgehead atoms. The summed E-state index contributed by atoms with van der Waals surface area (Å²) in [6.07, 6.45) is 5.43. The van der Waals surface area contributed by atoms with E-state index in [4.69, 9.17) is 4.74 Å². The topological polar surface area (TPSA) is 53.6 Å². The summed E-state index contributed by atoms with van der Waals surface area (Å²) in [5.74, 6) is 0.879. The molecule has 3 unspecified atom stereocenters. The molecule has 1 amide bonds. The minimum absolute atomic E-state index is 0.129. The molecule has 5 nitrogen and oxygen atoms in total. The zero-order valence-electron chi connectivity index (χ0n) is 13.8. The SMILES string of the molecule is CC1CCCC(CNC(=O)CC2COCCN2)(N(C)C)C1. The van der Waals surface area contributed by atoms with E-state index < -0.39 is 0 Å². The number of carbonyl (C=O) groups excluding carboxylic acids is 1. The first-order chi connectivity index (χ1) is 10.0. The third kappa shape index (κ3) is 4.66. The normalized spacial score (nSPS) is 33.9. The van der Waals surface area contributed by atoms with Crippen LogP contribution in [0, 0.1) is 5.92 Å². The third-order valence-electron chi connectivity index (χ3n) is 5.06. The molecule has 1 heterocycles. The molecule has 21 heavy (non-hydrogen) atoms. The van der Waals surface area contributed by atoms with Crippen LogP contribution in [0.4, 0.5) is 0 Å². The van der Waals surface area contributed by atoms with Crippen LogP contribution in [-0.2, 0) is 9.53 Å². The molecule has 2 fully saturated rings. The Morgan fingerprint density at radius 1 is 1.48 bits per heavy atom. The second-order valence-corrected chi connectivity index (χ2v) is 7.03. The predicted octanol–water partition coefficient (Wildman–Crippen LogP) is 0.992. The molecule has 3 atom stereocenters. The predicted molar refractivity (Wildman–Crippen MR) is 84.3 cm³/mol. The van der Waals surface area contributed by atoms with E-state index in [1.54, 1.807) is 0 Å². The lowest BCUT2D eigenvalue weighted by atomic mass is 9.75. The number of nitrogens with zero attached hydrogens (tertiary/aromatic N) is 1. The van der Waals surface area contributed by atoms with Gasteiger partial charge in [0.1, 0.15) is 0 Å². The lowest BCUT2D eigenvalue weighted by Crippen LogP contribution is -2.55. The van der Waals surface area contributed by atoms with Crippen LogP contribution < -0.4 is 10.6 Å². The maximum Gasteiger partial charge on any atom is 0.221 e. The second-order valence-electron chi connectivity index (χ2n) is 7.03. The van der Waals surface area contributed by atoms with Gasteiger partial charge in [-0.1, -0.05) is 19.8 Å². The van der Waals surface area contributed by atoms with Gasteiger partial charge < -0.3 is 20.3 Å². The Hall–Kier alpha value is -0.650. The van der Waals surface area contributed by atoms with Crippen LogP contribution in [0.2, 0.25) is 0 Å². The Balaban J connectivity index is 1.82. The minimum Gasteiger partial charge on any atom is -0.378 e. The first-order valence-electron chi connectivity index (χ1n) is 8.27. The van der Waals surface area contributed by atoms with Gasteiger partial charge in [-0.15, -0.1) is 0 Å². The molecule has 1 aliphatic heterocycles. The van der Waals surface area contributed by atoms with E-state index in [2.05, 4.69) is 36.6 Å². The standard InChI is InChI=1S/C16H31N3O2/c1-13-5-4-6-16(10-13,19(2)3)12-18-15(20)9-14-11-21-8-7-17-14/h13-14,17H,4-12H2,1-3H3,(H,18,20). The number of likely N-dealkylation sites (N-methyl/N-ethyl adjacent to an activating group) is 1. The average Bonchev–Trinajstić information content (AvgIpc) is 2.46. The molecular weight excluding hydrogens is 266 g/mol. The molecule has 1 aliphatic carbocycles. The molecule has 1 saturated carbocycles. The highest BCUT2D eigenvalue weighted by atomic mass is 16.5. The van der Waals surface area contributed by atoms with Crippen molar-refractivity contribution in [3.8, 4) is 0 Å². The highest BCUT2D eigenvalue weighted by molar-refractivity contribution is 5.76. The first-order valence-corrected chi connectivity index (χ1v) is 8.27. The number of carbonyl (C=O) groups is 1. The summed E-state index contributed by atoms with van der Waals surface area (Å²) in [7, 11) is 4.28. The molecule has 1 saturated heterocycles. The zero-order chi connectivity index (χ0) is 15.3. The summed E-state index contributed by atoms with van der Waals surface area (Å²) >= 11 is 0. The Bertz CT molecular complexity index is 342. The van der Waals surface area contributed by atoms with E-state index in [9.17, 15) is 4.79 Å². The van der Waals surface area contributed by atoms with Crippen molar-refractivity contribution in [3.05, 3.63) is 0 Å². The van der Waals surface area contributed by atoms with Crippen LogP contribution in [0.3, 0.4) is 0 Å². The van der Waals surface area contributed by atoms with E-state index in [1.165, 1.54) is 25.7 Å². The van der Waals surface area contributed by atoms with Crippen molar-refractivity contribution in [2.24, 2.45) is 5.92 Å². The van der Waals surface area contributed by atoms with Crippen molar-refractivity contribution in [1.29, 1.82) is 0 Å². The fraction of sp³-hybridized carbons (Fsp3) is 0.938. The van der Waals surface area contributed by atoms with E-state index in [0.29, 0.717) is 13.0 Å². The van der Waals surface area contributed by atoms with Gasteiger partial charge in [0, 0.05) is 31.1 Å². The molecule has 0 aromatic rings. The van der Waals surface area contributed by atoms with E-state index in [0.717, 1.165) is 25.6 Å². The van der Waals surface area contributed by atoms with Crippen molar-refractivity contribution in [2.75, 3.05) is 40.4 Å². The van der Waals surface area contributed by atoms with E-state index >= 15 is 0 Å². The smallest absolute Gasteiger partial charge is 0.221 e. The highest BCUT2D eigenvalue weighted by Crippen LogP contribution is 2.35. The minimum atomic E-state index is 0.129. The van der Waals surface area contributed by atoms with Crippen LogP contribution in [0.25, 0.3) is 0 Å². The van der Waals surface area contributed by atoms with E-state index in [1.807, 2.05) is 0 Å². The van der Waals surface area contributed by atoms with Gasteiger partial charge in [0.25, 0.3) is 0 Å². The number of amides is 1. The fourth-order valence-electron chi connectivity index (χ4n) is 3.67.